The molecule has 0 aromatic carbocycles. The fraction of sp³-hybridized carbons (Fsp3) is 0.400. The Balaban J connectivity index is 1.46. The third-order valence-electron chi connectivity index (χ3n) is 5.31. The van der Waals surface area contributed by atoms with Gasteiger partial charge in [0.2, 0.25) is 0 Å². The number of hydrogen-bond acceptors (Lipinski definition) is 7. The van der Waals surface area contributed by atoms with Gasteiger partial charge in [0.25, 0.3) is 5.91 Å². The summed E-state index contributed by atoms with van der Waals surface area (Å²) in [4.78, 5) is 27.5. The maximum Gasteiger partial charge on any atom is 0.254 e. The van der Waals surface area contributed by atoms with Crippen LogP contribution in [-0.4, -0.2) is 64.1 Å². The predicted octanol–water partition coefficient (Wildman–Crippen LogP) is 1.32. The predicted molar refractivity (Wildman–Crippen MR) is 109 cm³/mol. The smallest absolute Gasteiger partial charge is 0.254 e. The molecule has 0 radical (unpaired) electrons. The van der Waals surface area contributed by atoms with Gasteiger partial charge < -0.3 is 15.4 Å². The maximum absolute atomic E-state index is 12.2. The van der Waals surface area contributed by atoms with E-state index in [0.717, 1.165) is 36.7 Å². The van der Waals surface area contributed by atoms with Gasteiger partial charge in [0, 0.05) is 12.6 Å². The summed E-state index contributed by atoms with van der Waals surface area (Å²) in [5, 5.41) is 6.93. The SMILES string of the molecule is O=C1COCCN1c1cn2c(-c3cccc(N[C@@H]4CCCNC4)n3)cnc2cn1. The van der Waals surface area contributed by atoms with Gasteiger partial charge in [-0.15, -0.1) is 0 Å². The van der Waals surface area contributed by atoms with Crippen molar-refractivity contribution in [1.82, 2.24) is 24.7 Å². The van der Waals surface area contributed by atoms with Gasteiger partial charge in [-0.05, 0) is 31.5 Å². The van der Waals surface area contributed by atoms with Crippen LogP contribution in [0.4, 0.5) is 11.6 Å². The molecule has 150 valence electrons. The second-order valence-corrected chi connectivity index (χ2v) is 7.31. The van der Waals surface area contributed by atoms with Crippen molar-refractivity contribution in [2.75, 3.05) is 43.1 Å². The fourth-order valence-corrected chi connectivity index (χ4v) is 3.81. The molecule has 9 nitrogen and oxygen atoms in total. The van der Waals surface area contributed by atoms with Crippen LogP contribution in [0.1, 0.15) is 12.8 Å². The van der Waals surface area contributed by atoms with Crippen molar-refractivity contribution >= 4 is 23.2 Å². The summed E-state index contributed by atoms with van der Waals surface area (Å²) < 4.78 is 7.14. The van der Waals surface area contributed by atoms with Gasteiger partial charge in [0.05, 0.1) is 43.1 Å². The highest BCUT2D eigenvalue weighted by molar-refractivity contribution is 5.93. The molecule has 2 fully saturated rings. The first-order valence-corrected chi connectivity index (χ1v) is 9.94. The zero-order chi connectivity index (χ0) is 19.6. The van der Waals surface area contributed by atoms with Gasteiger partial charge in [0.1, 0.15) is 12.4 Å². The summed E-state index contributed by atoms with van der Waals surface area (Å²) in [6.07, 6.45) is 7.61. The summed E-state index contributed by atoms with van der Waals surface area (Å²) in [5.41, 5.74) is 2.38. The average molecular weight is 393 g/mol. The van der Waals surface area contributed by atoms with Crippen molar-refractivity contribution in [3.05, 3.63) is 36.8 Å². The number of piperidine rings is 1. The number of fused-ring (bicyclic) bond motifs is 1. The Kier molecular flexibility index (Phi) is 4.82. The molecular formula is C20H23N7O2. The standard InChI is InChI=1S/C20H23N7O2/c28-20-13-29-8-7-26(20)19-12-27-16(10-22-18(27)11-23-19)15-4-1-5-17(25-15)24-14-3-2-6-21-9-14/h1,4-5,10-12,14,21H,2-3,6-9,13H2,(H,24,25)/t14-/m1/s1. The second kappa shape index (κ2) is 7.76. The molecule has 2 aliphatic rings. The highest BCUT2D eigenvalue weighted by Gasteiger charge is 2.22. The minimum absolute atomic E-state index is 0.0851. The Labute approximate surface area is 168 Å². The Morgan fingerprint density at radius 1 is 1.24 bits per heavy atom. The molecule has 0 spiro atoms. The number of nitrogens with one attached hydrogen (secondary N) is 2. The largest absolute Gasteiger partial charge is 0.370 e. The van der Waals surface area contributed by atoms with E-state index < -0.39 is 0 Å². The van der Waals surface area contributed by atoms with Gasteiger partial charge in [-0.3, -0.25) is 14.1 Å². The molecule has 2 aliphatic heterocycles. The average Bonchev–Trinajstić information content (AvgIpc) is 3.18. The topological polar surface area (TPSA) is 96.7 Å². The number of anilines is 2. The number of hydrogen-bond donors (Lipinski definition) is 2. The van der Waals surface area contributed by atoms with Crippen molar-refractivity contribution in [3.63, 3.8) is 0 Å². The summed E-state index contributed by atoms with van der Waals surface area (Å²) in [5.74, 6) is 1.35. The molecule has 2 saturated heterocycles. The molecule has 0 unspecified atom stereocenters. The quantitative estimate of drug-likeness (QED) is 0.690. The maximum atomic E-state index is 12.2. The highest BCUT2D eigenvalue weighted by Crippen LogP contribution is 2.23. The minimum Gasteiger partial charge on any atom is -0.370 e. The van der Waals surface area contributed by atoms with Gasteiger partial charge >= 0.3 is 0 Å². The van der Waals surface area contributed by atoms with Crippen LogP contribution in [0.2, 0.25) is 0 Å². The highest BCUT2D eigenvalue weighted by atomic mass is 16.5. The first kappa shape index (κ1) is 18.0. The monoisotopic (exact) mass is 393 g/mol. The van der Waals surface area contributed by atoms with Crippen LogP contribution >= 0.6 is 0 Å². The molecule has 0 bridgehead atoms. The Morgan fingerprint density at radius 2 is 2.21 bits per heavy atom. The molecule has 0 aliphatic carbocycles. The molecule has 3 aromatic heterocycles. The number of rotatable bonds is 4. The molecule has 2 N–H and O–H groups in total. The van der Waals surface area contributed by atoms with Crippen molar-refractivity contribution in [2.45, 2.75) is 18.9 Å². The van der Waals surface area contributed by atoms with Gasteiger partial charge in [-0.2, -0.15) is 0 Å². The van der Waals surface area contributed by atoms with Crippen molar-refractivity contribution < 1.29 is 9.53 Å². The molecule has 3 aromatic rings. The first-order valence-electron chi connectivity index (χ1n) is 9.94. The van der Waals surface area contributed by atoms with Gasteiger partial charge in [0.15, 0.2) is 11.5 Å². The number of carbonyl (C=O) groups is 1. The van der Waals surface area contributed by atoms with E-state index in [1.165, 1.54) is 6.42 Å². The Bertz CT molecular complexity index is 1030. The lowest BCUT2D eigenvalue weighted by Crippen LogP contribution is -2.42. The van der Waals surface area contributed by atoms with Crippen LogP contribution in [0.25, 0.3) is 17.0 Å². The van der Waals surface area contributed by atoms with Gasteiger partial charge in [-0.25, -0.2) is 15.0 Å². The molecule has 5 heterocycles. The van der Waals surface area contributed by atoms with Crippen LogP contribution in [-0.2, 0) is 9.53 Å². The zero-order valence-corrected chi connectivity index (χ0v) is 16.0. The molecule has 1 amide bonds. The number of ether oxygens (including phenoxy) is 1. The first-order chi connectivity index (χ1) is 14.3. The van der Waals surface area contributed by atoms with Crippen molar-refractivity contribution in [1.29, 1.82) is 0 Å². The summed E-state index contributed by atoms with van der Waals surface area (Å²) in [6.45, 7) is 3.11. The van der Waals surface area contributed by atoms with Crippen molar-refractivity contribution in [2.24, 2.45) is 0 Å². The lowest BCUT2D eigenvalue weighted by molar-refractivity contribution is -0.125. The molecular weight excluding hydrogens is 370 g/mol. The van der Waals surface area contributed by atoms with Crippen LogP contribution in [0, 0.1) is 0 Å². The molecule has 0 saturated carbocycles. The van der Waals surface area contributed by atoms with Gasteiger partial charge in [-0.1, -0.05) is 6.07 Å². The zero-order valence-electron chi connectivity index (χ0n) is 16.0. The summed E-state index contributed by atoms with van der Waals surface area (Å²) in [6, 6.07) is 6.33. The van der Waals surface area contributed by atoms with E-state index in [2.05, 4.69) is 20.6 Å². The normalized spacial score (nSPS) is 20.2. The third-order valence-corrected chi connectivity index (χ3v) is 5.31. The number of morpholine rings is 1. The Hall–Kier alpha value is -3.04. The molecule has 5 rings (SSSR count). The second-order valence-electron chi connectivity index (χ2n) is 7.31. The van der Waals surface area contributed by atoms with E-state index in [1.807, 2.05) is 28.8 Å². The third kappa shape index (κ3) is 3.66. The van der Waals surface area contributed by atoms with E-state index in [1.54, 1.807) is 17.3 Å². The van der Waals surface area contributed by atoms with E-state index in [4.69, 9.17) is 9.72 Å². The number of pyridine rings is 1. The van der Waals surface area contributed by atoms with Crippen LogP contribution in [0.15, 0.2) is 36.8 Å². The molecule has 1 atom stereocenters. The number of amides is 1. The number of carbonyl (C=O) groups excluding carboxylic acids is 1. The summed E-state index contributed by atoms with van der Waals surface area (Å²) >= 11 is 0. The number of nitrogens with zero attached hydrogens (tertiary/aromatic N) is 5. The van der Waals surface area contributed by atoms with Crippen LogP contribution in [0.3, 0.4) is 0 Å². The Morgan fingerprint density at radius 3 is 3.07 bits per heavy atom. The van der Waals surface area contributed by atoms with E-state index in [0.29, 0.717) is 30.7 Å². The molecule has 9 heteroatoms. The lowest BCUT2D eigenvalue weighted by Gasteiger charge is -2.25. The van der Waals surface area contributed by atoms with Crippen LogP contribution < -0.4 is 15.5 Å². The molecule has 29 heavy (non-hydrogen) atoms. The summed E-state index contributed by atoms with van der Waals surface area (Å²) in [7, 11) is 0. The van der Waals surface area contributed by atoms with Crippen molar-refractivity contribution in [3.8, 4) is 11.4 Å². The lowest BCUT2D eigenvalue weighted by atomic mass is 10.1. The number of aromatic nitrogens is 4. The van der Waals surface area contributed by atoms with E-state index in [-0.39, 0.29) is 12.5 Å². The minimum atomic E-state index is -0.0878. The fourth-order valence-electron chi connectivity index (χ4n) is 3.81. The van der Waals surface area contributed by atoms with E-state index >= 15 is 0 Å². The van der Waals surface area contributed by atoms with Crippen LogP contribution in [0.5, 0.6) is 0 Å². The number of imidazole rings is 1. The van der Waals surface area contributed by atoms with E-state index in [9.17, 15) is 4.79 Å².